The number of nitrogens with one attached hydrogen (secondary N) is 1. The summed E-state index contributed by atoms with van der Waals surface area (Å²) >= 11 is 0. The second kappa shape index (κ2) is 6.11. The molecule has 6 heteroatoms. The SMILES string of the molecule is C=CCN(CC=C)S(=O)(=O)c1ccc2c(c1)NCCO2. The third-order valence-corrected chi connectivity index (χ3v) is 4.76. The first kappa shape index (κ1) is 14.6. The molecule has 0 atom stereocenters. The van der Waals surface area contributed by atoms with Gasteiger partial charge in [-0.15, -0.1) is 13.2 Å². The zero-order chi connectivity index (χ0) is 14.6. The van der Waals surface area contributed by atoms with Gasteiger partial charge in [-0.2, -0.15) is 4.31 Å². The average molecular weight is 294 g/mol. The van der Waals surface area contributed by atoms with Crippen molar-refractivity contribution in [2.75, 3.05) is 31.6 Å². The van der Waals surface area contributed by atoms with E-state index in [0.29, 0.717) is 24.6 Å². The Morgan fingerprint density at radius 2 is 2.00 bits per heavy atom. The molecule has 0 saturated heterocycles. The summed E-state index contributed by atoms with van der Waals surface area (Å²) in [6.45, 7) is 8.91. The van der Waals surface area contributed by atoms with Crippen molar-refractivity contribution < 1.29 is 13.2 Å². The van der Waals surface area contributed by atoms with Gasteiger partial charge < -0.3 is 10.1 Å². The molecule has 0 aliphatic carbocycles. The Morgan fingerprint density at radius 1 is 1.30 bits per heavy atom. The molecule has 0 aromatic heterocycles. The molecule has 1 N–H and O–H groups in total. The van der Waals surface area contributed by atoms with E-state index >= 15 is 0 Å². The molecule has 20 heavy (non-hydrogen) atoms. The molecule has 1 aromatic carbocycles. The molecule has 0 bridgehead atoms. The van der Waals surface area contributed by atoms with Gasteiger partial charge in [0.05, 0.1) is 10.6 Å². The highest BCUT2D eigenvalue weighted by molar-refractivity contribution is 7.89. The van der Waals surface area contributed by atoms with E-state index in [9.17, 15) is 8.42 Å². The van der Waals surface area contributed by atoms with Crippen molar-refractivity contribution in [2.45, 2.75) is 4.90 Å². The Hall–Kier alpha value is -1.79. The minimum absolute atomic E-state index is 0.234. The maximum atomic E-state index is 12.6. The van der Waals surface area contributed by atoms with Gasteiger partial charge in [-0.1, -0.05) is 12.2 Å². The van der Waals surface area contributed by atoms with E-state index in [1.807, 2.05) is 0 Å². The van der Waals surface area contributed by atoms with Crippen LogP contribution in [-0.2, 0) is 10.0 Å². The Bertz CT molecular complexity index is 601. The fourth-order valence-corrected chi connectivity index (χ4v) is 3.40. The minimum Gasteiger partial charge on any atom is -0.490 e. The first-order valence-corrected chi connectivity index (χ1v) is 7.76. The van der Waals surface area contributed by atoms with Gasteiger partial charge >= 0.3 is 0 Å². The summed E-state index contributed by atoms with van der Waals surface area (Å²) in [7, 11) is -3.56. The van der Waals surface area contributed by atoms with Crippen LogP contribution < -0.4 is 10.1 Å². The number of rotatable bonds is 6. The first-order chi connectivity index (χ1) is 9.59. The lowest BCUT2D eigenvalue weighted by Crippen LogP contribution is -2.31. The average Bonchev–Trinajstić information content (AvgIpc) is 2.46. The summed E-state index contributed by atoms with van der Waals surface area (Å²) in [5.74, 6) is 0.675. The van der Waals surface area contributed by atoms with Gasteiger partial charge in [0, 0.05) is 19.6 Å². The lowest BCUT2D eigenvalue weighted by Gasteiger charge is -2.22. The summed E-state index contributed by atoms with van der Waals surface area (Å²) in [5, 5.41) is 3.13. The molecular weight excluding hydrogens is 276 g/mol. The van der Waals surface area contributed by atoms with Crippen molar-refractivity contribution in [1.29, 1.82) is 0 Å². The van der Waals surface area contributed by atoms with Crippen molar-refractivity contribution in [2.24, 2.45) is 0 Å². The second-order valence-corrected chi connectivity index (χ2v) is 6.27. The molecule has 0 radical (unpaired) electrons. The molecular formula is C14H18N2O3S. The fourth-order valence-electron chi connectivity index (χ4n) is 1.99. The van der Waals surface area contributed by atoms with Crippen LogP contribution in [0.4, 0.5) is 5.69 Å². The summed E-state index contributed by atoms with van der Waals surface area (Å²) in [6, 6.07) is 4.83. The number of hydrogen-bond donors (Lipinski definition) is 1. The topological polar surface area (TPSA) is 58.6 Å². The zero-order valence-electron chi connectivity index (χ0n) is 11.2. The highest BCUT2D eigenvalue weighted by atomic mass is 32.2. The summed E-state index contributed by atoms with van der Waals surface area (Å²) < 4.78 is 31.9. The van der Waals surface area contributed by atoms with Gasteiger partial charge in [-0.25, -0.2) is 8.42 Å². The maximum Gasteiger partial charge on any atom is 0.243 e. The maximum absolute atomic E-state index is 12.6. The highest BCUT2D eigenvalue weighted by Gasteiger charge is 2.24. The van der Waals surface area contributed by atoms with Crippen LogP contribution in [0.15, 0.2) is 48.4 Å². The monoisotopic (exact) mass is 294 g/mol. The lowest BCUT2D eigenvalue weighted by atomic mass is 10.2. The Morgan fingerprint density at radius 3 is 2.65 bits per heavy atom. The predicted molar refractivity (Wildman–Crippen MR) is 79.6 cm³/mol. The molecule has 0 saturated carbocycles. The van der Waals surface area contributed by atoms with Gasteiger partial charge in [0.2, 0.25) is 10.0 Å². The van der Waals surface area contributed by atoms with Gasteiger partial charge in [-0.05, 0) is 18.2 Å². The Kier molecular flexibility index (Phi) is 4.46. The highest BCUT2D eigenvalue weighted by Crippen LogP contribution is 2.30. The predicted octanol–water partition coefficient (Wildman–Crippen LogP) is 1.85. The normalized spacial score (nSPS) is 14.1. The van der Waals surface area contributed by atoms with Crippen molar-refractivity contribution in [3.8, 4) is 5.75 Å². The van der Waals surface area contributed by atoms with E-state index in [2.05, 4.69) is 18.5 Å². The lowest BCUT2D eigenvalue weighted by molar-refractivity contribution is 0.323. The number of nitrogens with zero attached hydrogens (tertiary/aromatic N) is 1. The number of anilines is 1. The molecule has 108 valence electrons. The van der Waals surface area contributed by atoms with Gasteiger partial charge in [0.1, 0.15) is 12.4 Å². The largest absolute Gasteiger partial charge is 0.490 e. The van der Waals surface area contributed by atoms with Gasteiger partial charge in [-0.3, -0.25) is 0 Å². The van der Waals surface area contributed by atoms with Gasteiger partial charge in [0.25, 0.3) is 0 Å². The van der Waals surface area contributed by atoms with E-state index < -0.39 is 10.0 Å². The van der Waals surface area contributed by atoms with Crippen molar-refractivity contribution >= 4 is 15.7 Å². The first-order valence-electron chi connectivity index (χ1n) is 6.32. The number of ether oxygens (including phenoxy) is 1. The fraction of sp³-hybridized carbons (Fsp3) is 0.286. The molecule has 1 heterocycles. The second-order valence-electron chi connectivity index (χ2n) is 4.33. The third kappa shape index (κ3) is 2.86. The molecule has 0 spiro atoms. The van der Waals surface area contributed by atoms with Crippen LogP contribution in [-0.4, -0.2) is 39.0 Å². The molecule has 0 fully saturated rings. The molecule has 0 unspecified atom stereocenters. The summed E-state index contributed by atoms with van der Waals surface area (Å²) in [4.78, 5) is 0.234. The smallest absolute Gasteiger partial charge is 0.243 e. The Labute approximate surface area is 119 Å². The summed E-state index contributed by atoms with van der Waals surface area (Å²) in [6.07, 6.45) is 3.11. The third-order valence-electron chi connectivity index (χ3n) is 2.93. The van der Waals surface area contributed by atoms with E-state index in [0.717, 1.165) is 0 Å². The number of fused-ring (bicyclic) bond motifs is 1. The van der Waals surface area contributed by atoms with Crippen molar-refractivity contribution in [3.05, 3.63) is 43.5 Å². The van der Waals surface area contributed by atoms with E-state index in [4.69, 9.17) is 4.74 Å². The zero-order valence-corrected chi connectivity index (χ0v) is 12.0. The van der Waals surface area contributed by atoms with Gasteiger partial charge in [0.15, 0.2) is 0 Å². The van der Waals surface area contributed by atoms with Crippen LogP contribution in [0.5, 0.6) is 5.75 Å². The van der Waals surface area contributed by atoms with E-state index in [-0.39, 0.29) is 18.0 Å². The molecule has 1 aliphatic heterocycles. The standard InChI is InChI=1S/C14H18N2O3S/c1-3-8-16(9-4-2)20(17,18)12-5-6-14-13(11-12)15-7-10-19-14/h3-6,11,15H,1-2,7-10H2. The van der Waals surface area contributed by atoms with E-state index in [1.165, 1.54) is 4.31 Å². The number of hydrogen-bond acceptors (Lipinski definition) is 4. The van der Waals surface area contributed by atoms with Crippen LogP contribution in [0.3, 0.4) is 0 Å². The molecule has 2 rings (SSSR count). The van der Waals surface area contributed by atoms with Crippen LogP contribution in [0.25, 0.3) is 0 Å². The van der Waals surface area contributed by atoms with Crippen LogP contribution in [0.2, 0.25) is 0 Å². The molecule has 1 aromatic rings. The van der Waals surface area contributed by atoms with Crippen LogP contribution in [0.1, 0.15) is 0 Å². The molecule has 5 nitrogen and oxygen atoms in total. The Balaban J connectivity index is 2.37. The van der Waals surface area contributed by atoms with Crippen LogP contribution >= 0.6 is 0 Å². The summed E-state index contributed by atoms with van der Waals surface area (Å²) in [5.41, 5.74) is 0.703. The number of benzene rings is 1. The quantitative estimate of drug-likeness (QED) is 0.814. The molecule has 0 amide bonds. The van der Waals surface area contributed by atoms with E-state index in [1.54, 1.807) is 30.4 Å². The van der Waals surface area contributed by atoms with Crippen molar-refractivity contribution in [3.63, 3.8) is 0 Å². The van der Waals surface area contributed by atoms with Crippen molar-refractivity contribution in [1.82, 2.24) is 4.31 Å². The molecule has 1 aliphatic rings. The van der Waals surface area contributed by atoms with Crippen LogP contribution in [0, 0.1) is 0 Å². The minimum atomic E-state index is -3.56. The number of sulfonamides is 1.